The topological polar surface area (TPSA) is 21.3 Å². The van der Waals surface area contributed by atoms with E-state index >= 15 is 0 Å². The third-order valence-electron chi connectivity index (χ3n) is 3.26. The van der Waals surface area contributed by atoms with Gasteiger partial charge in [0.1, 0.15) is 5.75 Å². The van der Waals surface area contributed by atoms with Crippen LogP contribution in [-0.2, 0) is 6.54 Å². The van der Waals surface area contributed by atoms with Crippen LogP contribution in [0.15, 0.2) is 24.3 Å². The third-order valence-corrected chi connectivity index (χ3v) is 3.26. The second-order valence-electron chi connectivity index (χ2n) is 6.29. The molecule has 100 valence electrons. The molecule has 1 aromatic carbocycles. The molecule has 1 aromatic rings. The van der Waals surface area contributed by atoms with E-state index in [0.29, 0.717) is 0 Å². The highest BCUT2D eigenvalue weighted by atomic mass is 16.5. The Balaban J connectivity index is 1.87. The minimum atomic E-state index is 0.140. The van der Waals surface area contributed by atoms with E-state index in [1.807, 2.05) is 6.07 Å². The largest absolute Gasteiger partial charge is 0.493 e. The van der Waals surface area contributed by atoms with Crippen LogP contribution >= 0.6 is 0 Å². The molecule has 1 aliphatic rings. The highest BCUT2D eigenvalue weighted by molar-refractivity contribution is 5.33. The molecule has 1 aliphatic carbocycles. The van der Waals surface area contributed by atoms with Gasteiger partial charge < -0.3 is 10.1 Å². The van der Waals surface area contributed by atoms with Crippen LogP contribution < -0.4 is 10.1 Å². The summed E-state index contributed by atoms with van der Waals surface area (Å²) in [6.07, 6.45) is 4.01. The molecule has 0 radical (unpaired) electrons. The Hall–Kier alpha value is -1.02. The summed E-state index contributed by atoms with van der Waals surface area (Å²) < 4.78 is 5.91. The lowest BCUT2D eigenvalue weighted by molar-refractivity contribution is 0.297. The molecule has 1 fully saturated rings. The molecule has 1 saturated carbocycles. The minimum Gasteiger partial charge on any atom is -0.493 e. The van der Waals surface area contributed by atoms with E-state index < -0.39 is 0 Å². The van der Waals surface area contributed by atoms with Gasteiger partial charge in [-0.2, -0.15) is 0 Å². The van der Waals surface area contributed by atoms with Crippen molar-refractivity contribution in [3.05, 3.63) is 29.8 Å². The third kappa shape index (κ3) is 4.69. The minimum absolute atomic E-state index is 0.140. The molecule has 0 atom stereocenters. The number of para-hydroxylation sites is 1. The van der Waals surface area contributed by atoms with Crippen molar-refractivity contribution in [3.8, 4) is 5.75 Å². The fourth-order valence-corrected chi connectivity index (χ4v) is 1.89. The molecule has 0 amide bonds. The fourth-order valence-electron chi connectivity index (χ4n) is 1.89. The normalized spacial score (nSPS) is 15.7. The van der Waals surface area contributed by atoms with Gasteiger partial charge in [-0.3, -0.25) is 0 Å². The van der Waals surface area contributed by atoms with Crippen LogP contribution in [0.25, 0.3) is 0 Å². The molecular weight excluding hydrogens is 222 g/mol. The van der Waals surface area contributed by atoms with E-state index in [2.05, 4.69) is 44.3 Å². The van der Waals surface area contributed by atoms with Crippen molar-refractivity contribution in [3.63, 3.8) is 0 Å². The Morgan fingerprint density at radius 3 is 2.61 bits per heavy atom. The Morgan fingerprint density at radius 2 is 1.94 bits per heavy atom. The second-order valence-corrected chi connectivity index (χ2v) is 6.29. The Bertz CT molecular complexity index is 377. The zero-order valence-electron chi connectivity index (χ0n) is 11.8. The first-order valence-electron chi connectivity index (χ1n) is 7.00. The van der Waals surface area contributed by atoms with E-state index in [0.717, 1.165) is 24.8 Å². The standard InChI is InChI=1S/C16H25NO/c1-16(2,3)17-12-14-6-4-5-7-15(14)18-11-10-13-8-9-13/h4-7,13,17H,8-12H2,1-3H3. The number of nitrogens with one attached hydrogen (secondary N) is 1. The van der Waals surface area contributed by atoms with Crippen molar-refractivity contribution in [2.75, 3.05) is 6.61 Å². The zero-order chi connectivity index (χ0) is 13.0. The number of rotatable bonds is 6. The summed E-state index contributed by atoms with van der Waals surface area (Å²) in [5, 5.41) is 3.51. The first-order chi connectivity index (χ1) is 8.54. The van der Waals surface area contributed by atoms with Gasteiger partial charge in [-0.25, -0.2) is 0 Å². The van der Waals surface area contributed by atoms with Crippen LogP contribution in [0.5, 0.6) is 5.75 Å². The number of hydrogen-bond donors (Lipinski definition) is 1. The first-order valence-corrected chi connectivity index (χ1v) is 7.00. The van der Waals surface area contributed by atoms with Crippen LogP contribution in [-0.4, -0.2) is 12.1 Å². The quantitative estimate of drug-likeness (QED) is 0.826. The van der Waals surface area contributed by atoms with Gasteiger partial charge in [-0.15, -0.1) is 0 Å². The van der Waals surface area contributed by atoms with Gasteiger partial charge in [-0.1, -0.05) is 31.0 Å². The Labute approximate surface area is 111 Å². The van der Waals surface area contributed by atoms with Crippen LogP contribution in [0.3, 0.4) is 0 Å². The molecule has 0 aromatic heterocycles. The number of benzene rings is 1. The van der Waals surface area contributed by atoms with Crippen molar-refractivity contribution in [1.82, 2.24) is 5.32 Å². The van der Waals surface area contributed by atoms with Crippen molar-refractivity contribution >= 4 is 0 Å². The SMILES string of the molecule is CC(C)(C)NCc1ccccc1OCCC1CC1. The summed E-state index contributed by atoms with van der Waals surface area (Å²) in [7, 11) is 0. The molecule has 2 heteroatoms. The highest BCUT2D eigenvalue weighted by Gasteiger charge is 2.20. The lowest BCUT2D eigenvalue weighted by atomic mass is 10.1. The van der Waals surface area contributed by atoms with E-state index in [1.54, 1.807) is 0 Å². The molecule has 0 bridgehead atoms. The van der Waals surface area contributed by atoms with Gasteiger partial charge in [0.25, 0.3) is 0 Å². The monoisotopic (exact) mass is 247 g/mol. The van der Waals surface area contributed by atoms with Gasteiger partial charge in [-0.05, 0) is 39.2 Å². The fraction of sp³-hybridized carbons (Fsp3) is 0.625. The van der Waals surface area contributed by atoms with Gasteiger partial charge in [0.2, 0.25) is 0 Å². The predicted molar refractivity (Wildman–Crippen MR) is 75.9 cm³/mol. The van der Waals surface area contributed by atoms with Crippen LogP contribution in [0.1, 0.15) is 45.6 Å². The lowest BCUT2D eigenvalue weighted by Gasteiger charge is -2.21. The summed E-state index contributed by atoms with van der Waals surface area (Å²) in [5.41, 5.74) is 1.39. The molecular formula is C16H25NO. The summed E-state index contributed by atoms with van der Waals surface area (Å²) in [6.45, 7) is 8.27. The molecule has 2 rings (SSSR count). The van der Waals surface area contributed by atoms with Crippen molar-refractivity contribution < 1.29 is 4.74 Å². The van der Waals surface area contributed by atoms with Crippen molar-refractivity contribution in [2.24, 2.45) is 5.92 Å². The van der Waals surface area contributed by atoms with Crippen LogP contribution in [0.4, 0.5) is 0 Å². The second kappa shape index (κ2) is 5.75. The maximum atomic E-state index is 5.91. The average Bonchev–Trinajstić information content (AvgIpc) is 3.11. The summed E-state index contributed by atoms with van der Waals surface area (Å²) in [6, 6.07) is 8.35. The van der Waals surface area contributed by atoms with Crippen LogP contribution in [0, 0.1) is 5.92 Å². The summed E-state index contributed by atoms with van der Waals surface area (Å²) >= 11 is 0. The Morgan fingerprint density at radius 1 is 1.22 bits per heavy atom. The number of hydrogen-bond acceptors (Lipinski definition) is 2. The molecule has 0 aliphatic heterocycles. The van der Waals surface area contributed by atoms with Gasteiger partial charge >= 0.3 is 0 Å². The van der Waals surface area contributed by atoms with E-state index in [4.69, 9.17) is 4.74 Å². The van der Waals surface area contributed by atoms with E-state index in [9.17, 15) is 0 Å². The maximum absolute atomic E-state index is 5.91. The number of ether oxygens (including phenoxy) is 1. The molecule has 1 N–H and O–H groups in total. The average molecular weight is 247 g/mol. The van der Waals surface area contributed by atoms with E-state index in [-0.39, 0.29) is 5.54 Å². The van der Waals surface area contributed by atoms with E-state index in [1.165, 1.54) is 24.8 Å². The molecule has 18 heavy (non-hydrogen) atoms. The lowest BCUT2D eigenvalue weighted by Crippen LogP contribution is -2.35. The first kappa shape index (κ1) is 13.4. The summed E-state index contributed by atoms with van der Waals surface area (Å²) in [4.78, 5) is 0. The molecule has 0 spiro atoms. The highest BCUT2D eigenvalue weighted by Crippen LogP contribution is 2.32. The predicted octanol–water partition coefficient (Wildman–Crippen LogP) is 3.75. The summed E-state index contributed by atoms with van der Waals surface area (Å²) in [5.74, 6) is 1.97. The van der Waals surface area contributed by atoms with Gasteiger partial charge in [0.15, 0.2) is 0 Å². The molecule has 2 nitrogen and oxygen atoms in total. The zero-order valence-corrected chi connectivity index (χ0v) is 11.8. The maximum Gasteiger partial charge on any atom is 0.123 e. The smallest absolute Gasteiger partial charge is 0.123 e. The van der Waals surface area contributed by atoms with Gasteiger partial charge in [0, 0.05) is 17.6 Å². The van der Waals surface area contributed by atoms with Crippen LogP contribution in [0.2, 0.25) is 0 Å². The molecule has 0 unspecified atom stereocenters. The molecule has 0 saturated heterocycles. The Kier molecular flexibility index (Phi) is 4.28. The van der Waals surface area contributed by atoms with Crippen molar-refractivity contribution in [1.29, 1.82) is 0 Å². The molecule has 0 heterocycles. The van der Waals surface area contributed by atoms with Gasteiger partial charge in [0.05, 0.1) is 6.61 Å². The van der Waals surface area contributed by atoms with Crippen molar-refractivity contribution in [2.45, 2.75) is 52.1 Å².